The monoisotopic (exact) mass is 747 g/mol. The third-order valence-electron chi connectivity index (χ3n) is 11.2. The Hall–Kier alpha value is -5.84. The van der Waals surface area contributed by atoms with Crippen LogP contribution >= 0.6 is 0 Å². The predicted molar refractivity (Wildman–Crippen MR) is 206 cm³/mol. The number of imidazole rings is 2. The molecule has 4 aromatic rings. The van der Waals surface area contributed by atoms with Crippen LogP contribution in [0.15, 0.2) is 48.7 Å². The Morgan fingerprint density at radius 2 is 1.73 bits per heavy atom. The quantitative estimate of drug-likeness (QED) is 0.139. The van der Waals surface area contributed by atoms with Gasteiger partial charge >= 0.3 is 12.1 Å². The number of alkyl carbamates (subject to hydrolysis) is 1. The van der Waals surface area contributed by atoms with Gasteiger partial charge in [0.15, 0.2) is 0 Å². The van der Waals surface area contributed by atoms with Crippen LogP contribution in [0.5, 0.6) is 0 Å². The lowest BCUT2D eigenvalue weighted by Gasteiger charge is -2.30. The summed E-state index contributed by atoms with van der Waals surface area (Å²) in [7, 11) is 1.30. The number of methoxy groups -OCH3 is 1. The fourth-order valence-electron chi connectivity index (χ4n) is 7.88. The topological polar surface area (TPSA) is 191 Å². The molecule has 288 valence electrons. The number of urea groups is 1. The van der Waals surface area contributed by atoms with Gasteiger partial charge in [0.05, 0.1) is 42.1 Å². The van der Waals surface area contributed by atoms with Crippen molar-refractivity contribution < 1.29 is 23.9 Å². The highest BCUT2D eigenvalue weighted by Gasteiger charge is 2.55. The number of benzene rings is 2. The number of nitrogens with two attached hydrogens (primary N) is 1. The van der Waals surface area contributed by atoms with Crippen molar-refractivity contribution in [3.63, 3.8) is 0 Å². The van der Waals surface area contributed by atoms with Gasteiger partial charge in [0.2, 0.25) is 11.8 Å². The Balaban J connectivity index is 1.01. The molecule has 2 saturated heterocycles. The zero-order chi connectivity index (χ0) is 38.9. The highest BCUT2D eigenvalue weighted by molar-refractivity contribution is 5.87. The molecular weight excluding hydrogens is 699 g/mol. The third-order valence-corrected chi connectivity index (χ3v) is 11.2. The minimum Gasteiger partial charge on any atom is -0.453 e. The summed E-state index contributed by atoms with van der Waals surface area (Å²) in [5.74, 6) is 7.63. The van der Waals surface area contributed by atoms with E-state index < -0.39 is 18.2 Å². The second kappa shape index (κ2) is 15.5. The number of aromatic nitrogens is 4. The molecule has 0 unspecified atom stereocenters. The van der Waals surface area contributed by atoms with E-state index in [1.54, 1.807) is 6.20 Å². The summed E-state index contributed by atoms with van der Waals surface area (Å²) in [6, 6.07) is 12.2. The first-order valence-corrected chi connectivity index (χ1v) is 19.1. The summed E-state index contributed by atoms with van der Waals surface area (Å²) in [5, 5.41) is 5.29. The van der Waals surface area contributed by atoms with Gasteiger partial charge in [-0.05, 0) is 85.8 Å². The summed E-state index contributed by atoms with van der Waals surface area (Å²) in [5.41, 5.74) is 10.4. The maximum Gasteiger partial charge on any atom is 0.407 e. The van der Waals surface area contributed by atoms with Gasteiger partial charge in [-0.15, -0.1) is 0 Å². The zero-order valence-corrected chi connectivity index (χ0v) is 31.8. The molecule has 14 heteroatoms. The molecule has 14 nitrogen and oxygen atoms in total. The zero-order valence-electron chi connectivity index (χ0n) is 31.8. The number of likely N-dealkylation sites (tertiary alicyclic amines) is 2. The van der Waals surface area contributed by atoms with Gasteiger partial charge in [0.25, 0.3) is 0 Å². The van der Waals surface area contributed by atoms with E-state index in [-0.39, 0.29) is 41.1 Å². The molecule has 0 radical (unpaired) electrons. The van der Waals surface area contributed by atoms with E-state index in [1.165, 1.54) is 7.11 Å². The van der Waals surface area contributed by atoms with Crippen molar-refractivity contribution >= 4 is 35.0 Å². The molecule has 55 heavy (non-hydrogen) atoms. The van der Waals surface area contributed by atoms with E-state index in [1.807, 2.05) is 73.0 Å². The maximum atomic E-state index is 13.8. The third kappa shape index (κ3) is 8.16. The fourth-order valence-corrected chi connectivity index (χ4v) is 7.88. The summed E-state index contributed by atoms with van der Waals surface area (Å²) < 4.78 is 4.80. The van der Waals surface area contributed by atoms with Crippen LogP contribution in [-0.4, -0.2) is 86.5 Å². The molecule has 2 aliphatic heterocycles. The lowest BCUT2D eigenvalue weighted by Crippen LogP contribution is -2.51. The standard InChI is InChI=1S/C41H49N9O5/c1-24(2)34(48-40(54)55-4)38(52)50-23-41(16-17-41)21-33(50)36-45-29-14-11-27(20-30(29)46-36)8-7-26-9-12-28(13-10-26)31-22-44-35(47-31)32-6-5-19-49(32)37(51)25(3)15-18-43-39(42)53/h9-14,20,22,24-25,32-34H,5-6,15-19,21,23H2,1-4H3,(H,44,47)(H,45,46)(H,48,54)(H3,42,43,53)/t25-,32-,33-,34-/m0/s1. The van der Waals surface area contributed by atoms with Crippen molar-refractivity contribution in [3.05, 3.63) is 71.4 Å². The molecule has 1 aliphatic carbocycles. The Kier molecular flexibility index (Phi) is 10.6. The minimum absolute atomic E-state index is 0.0480. The van der Waals surface area contributed by atoms with Crippen molar-refractivity contribution in [2.75, 3.05) is 26.7 Å². The van der Waals surface area contributed by atoms with Crippen LogP contribution in [0.1, 0.15) is 94.2 Å². The van der Waals surface area contributed by atoms with E-state index in [0.717, 1.165) is 77.2 Å². The van der Waals surface area contributed by atoms with Crippen molar-refractivity contribution in [1.29, 1.82) is 0 Å². The highest BCUT2D eigenvalue weighted by atomic mass is 16.5. The van der Waals surface area contributed by atoms with Crippen LogP contribution in [0.25, 0.3) is 22.3 Å². The van der Waals surface area contributed by atoms with Gasteiger partial charge in [0, 0.05) is 36.7 Å². The number of hydrogen-bond acceptors (Lipinski definition) is 7. The number of H-pyrrole nitrogens is 2. The molecule has 3 fully saturated rings. The molecule has 7 rings (SSSR count). The summed E-state index contributed by atoms with van der Waals surface area (Å²) in [6.45, 7) is 7.39. The van der Waals surface area contributed by atoms with Crippen LogP contribution in [-0.2, 0) is 14.3 Å². The molecule has 4 atom stereocenters. The Bertz CT molecular complexity index is 2140. The number of rotatable bonds is 10. The molecule has 4 heterocycles. The molecule has 0 bridgehead atoms. The van der Waals surface area contributed by atoms with Crippen molar-refractivity contribution in [2.45, 2.75) is 77.4 Å². The van der Waals surface area contributed by atoms with Crippen LogP contribution in [0, 0.1) is 29.1 Å². The van der Waals surface area contributed by atoms with E-state index in [4.69, 9.17) is 15.5 Å². The van der Waals surface area contributed by atoms with Gasteiger partial charge in [-0.25, -0.2) is 19.6 Å². The van der Waals surface area contributed by atoms with Crippen molar-refractivity contribution in [1.82, 2.24) is 40.4 Å². The Labute approximate surface area is 320 Å². The number of hydrogen-bond donors (Lipinski definition) is 5. The second-order valence-corrected chi connectivity index (χ2v) is 15.6. The number of nitrogens with zero attached hydrogens (tertiary/aromatic N) is 4. The van der Waals surface area contributed by atoms with Crippen molar-refractivity contribution in [2.24, 2.45) is 23.0 Å². The Morgan fingerprint density at radius 1 is 0.982 bits per heavy atom. The SMILES string of the molecule is COC(=O)N[C@H](C(=O)N1CC2(CC2)C[C@H]1c1nc2ccc(C#Cc3ccc(-c4cnc([C@@H]5CCCN5C(=O)[C@@H](C)CCNC(N)=O)[nH]4)cc3)cc2[nH]1)C(C)C. The summed E-state index contributed by atoms with van der Waals surface area (Å²) in [4.78, 5) is 70.4. The lowest BCUT2D eigenvalue weighted by atomic mass is 10.0. The molecule has 2 aromatic heterocycles. The molecule has 5 amide bonds. The largest absolute Gasteiger partial charge is 0.453 e. The molecule has 2 aromatic carbocycles. The second-order valence-electron chi connectivity index (χ2n) is 15.6. The van der Waals surface area contributed by atoms with Crippen molar-refractivity contribution in [3.8, 4) is 23.1 Å². The summed E-state index contributed by atoms with van der Waals surface area (Å²) >= 11 is 0. The number of carbonyl (C=O) groups is 4. The van der Waals surface area contributed by atoms with Crippen LogP contribution in [0.4, 0.5) is 9.59 Å². The van der Waals surface area contributed by atoms with E-state index in [0.29, 0.717) is 26.1 Å². The first-order chi connectivity index (χ1) is 26.4. The first-order valence-electron chi connectivity index (χ1n) is 19.1. The van der Waals surface area contributed by atoms with Crippen LogP contribution < -0.4 is 16.4 Å². The maximum absolute atomic E-state index is 13.8. The molecule has 1 spiro atoms. The molecular formula is C41H49N9O5. The number of primary amides is 1. The average molecular weight is 748 g/mol. The molecule has 6 N–H and O–H groups in total. The number of amides is 5. The van der Waals surface area contributed by atoms with Gasteiger partial charge in [0.1, 0.15) is 17.7 Å². The fraction of sp³-hybridized carbons (Fsp3) is 0.463. The Morgan fingerprint density at radius 3 is 2.44 bits per heavy atom. The van der Waals surface area contributed by atoms with Gasteiger partial charge in [-0.1, -0.05) is 44.7 Å². The number of nitrogens with one attached hydrogen (secondary N) is 4. The van der Waals surface area contributed by atoms with E-state index in [9.17, 15) is 19.2 Å². The minimum atomic E-state index is -0.693. The van der Waals surface area contributed by atoms with E-state index >= 15 is 0 Å². The van der Waals surface area contributed by atoms with E-state index in [2.05, 4.69) is 37.4 Å². The number of aromatic amines is 2. The van der Waals surface area contributed by atoms with Gasteiger partial charge < -0.3 is 40.9 Å². The number of carbonyl (C=O) groups excluding carboxylic acids is 4. The molecule has 1 saturated carbocycles. The first kappa shape index (κ1) is 37.5. The number of fused-ring (bicyclic) bond motifs is 1. The van der Waals surface area contributed by atoms with Crippen LogP contribution in [0.2, 0.25) is 0 Å². The van der Waals surface area contributed by atoms with Crippen LogP contribution in [0.3, 0.4) is 0 Å². The molecule has 3 aliphatic rings. The number of ether oxygens (including phenoxy) is 1. The van der Waals surface area contributed by atoms with Gasteiger partial charge in [-0.2, -0.15) is 0 Å². The lowest BCUT2D eigenvalue weighted by molar-refractivity contribution is -0.136. The summed E-state index contributed by atoms with van der Waals surface area (Å²) in [6.07, 6.45) is 6.43. The highest BCUT2D eigenvalue weighted by Crippen LogP contribution is 2.58. The average Bonchev–Trinajstić information content (AvgIpc) is 3.66. The van der Waals surface area contributed by atoms with Gasteiger partial charge in [-0.3, -0.25) is 9.59 Å². The smallest absolute Gasteiger partial charge is 0.407 e. The normalized spacial score (nSPS) is 19.6. The predicted octanol–water partition coefficient (Wildman–Crippen LogP) is 5.15.